The van der Waals surface area contributed by atoms with E-state index in [1.807, 2.05) is 12.1 Å². The van der Waals surface area contributed by atoms with Crippen LogP contribution >= 0.6 is 15.9 Å². The lowest BCUT2D eigenvalue weighted by atomic mass is 10.0. The fourth-order valence-corrected chi connectivity index (χ4v) is 4.27. The Kier molecular flexibility index (Phi) is 6.41. The van der Waals surface area contributed by atoms with Crippen molar-refractivity contribution in [1.29, 1.82) is 0 Å². The quantitative estimate of drug-likeness (QED) is 0.475. The third kappa shape index (κ3) is 4.66. The van der Waals surface area contributed by atoms with Crippen LogP contribution in [0.5, 0.6) is 0 Å². The predicted octanol–water partition coefficient (Wildman–Crippen LogP) is 5.02. The lowest BCUT2D eigenvalue weighted by Gasteiger charge is -2.37. The highest BCUT2D eigenvalue weighted by molar-refractivity contribution is 9.10. The van der Waals surface area contributed by atoms with Crippen molar-refractivity contribution in [3.05, 3.63) is 58.2 Å². The van der Waals surface area contributed by atoms with Crippen molar-refractivity contribution in [3.8, 4) is 0 Å². The molecule has 6 nitrogen and oxygen atoms in total. The van der Waals surface area contributed by atoms with Crippen molar-refractivity contribution in [2.45, 2.75) is 26.7 Å². The summed E-state index contributed by atoms with van der Waals surface area (Å²) in [4.78, 5) is 26.0. The first-order valence-electron chi connectivity index (χ1n) is 10.7. The molecule has 0 spiro atoms. The molecule has 3 aromatic rings. The number of piperazine rings is 1. The number of aromatic nitrogens is 2. The number of nitrogens with zero attached hydrogens (tertiary/aromatic N) is 4. The topological polar surface area (TPSA) is 58.6 Å². The molecule has 4 rings (SSSR count). The summed E-state index contributed by atoms with van der Waals surface area (Å²) in [6.07, 6.45) is 1.60. The van der Waals surface area contributed by atoms with Crippen LogP contribution in [0.1, 0.15) is 42.6 Å². The highest BCUT2D eigenvalue weighted by Crippen LogP contribution is 2.31. The Morgan fingerprint density at radius 2 is 1.84 bits per heavy atom. The summed E-state index contributed by atoms with van der Waals surface area (Å²) in [7, 11) is 0. The van der Waals surface area contributed by atoms with Crippen molar-refractivity contribution in [2.75, 3.05) is 42.6 Å². The van der Waals surface area contributed by atoms with Crippen LogP contribution in [-0.2, 0) is 4.74 Å². The van der Waals surface area contributed by atoms with Gasteiger partial charge < -0.3 is 14.5 Å². The molecule has 0 saturated carbocycles. The normalized spacial score (nSPS) is 14.4. The summed E-state index contributed by atoms with van der Waals surface area (Å²) in [5.74, 6) is 2.02. The SMILES string of the molecule is CCOC(=O)c1ccc(N2CCN(c3nc4ccc(Br)cc4cc3C(C)C)CC2)nc1. The Morgan fingerprint density at radius 1 is 1.10 bits per heavy atom. The second-order valence-corrected chi connectivity index (χ2v) is 8.91. The van der Waals surface area contributed by atoms with Crippen LogP contribution in [0.25, 0.3) is 10.9 Å². The van der Waals surface area contributed by atoms with E-state index < -0.39 is 0 Å². The summed E-state index contributed by atoms with van der Waals surface area (Å²) >= 11 is 3.56. The van der Waals surface area contributed by atoms with E-state index in [0.29, 0.717) is 18.1 Å². The summed E-state index contributed by atoms with van der Waals surface area (Å²) in [6.45, 7) is 10.0. The first-order valence-corrected chi connectivity index (χ1v) is 11.5. The van der Waals surface area contributed by atoms with E-state index in [2.05, 4.69) is 62.8 Å². The standard InChI is InChI=1S/C24H27BrN4O2/c1-4-31-24(30)17-5-8-22(26-15-17)28-9-11-29(12-10-28)23-20(16(2)3)14-18-13-19(25)6-7-21(18)27-23/h5-8,13-16H,4,9-12H2,1-3H3. The number of ether oxygens (including phenoxy) is 1. The van der Waals surface area contributed by atoms with Gasteiger partial charge in [-0.25, -0.2) is 14.8 Å². The molecule has 1 aliphatic heterocycles. The zero-order chi connectivity index (χ0) is 22.0. The van der Waals surface area contributed by atoms with E-state index in [4.69, 9.17) is 9.72 Å². The lowest BCUT2D eigenvalue weighted by molar-refractivity contribution is 0.0526. The van der Waals surface area contributed by atoms with Crippen LogP contribution in [0.2, 0.25) is 0 Å². The summed E-state index contributed by atoms with van der Waals surface area (Å²) in [6, 6.07) is 12.2. The van der Waals surface area contributed by atoms with Crippen LogP contribution in [0, 0.1) is 0 Å². The molecule has 3 heterocycles. The van der Waals surface area contributed by atoms with Gasteiger partial charge in [0.05, 0.1) is 17.7 Å². The van der Waals surface area contributed by atoms with Gasteiger partial charge >= 0.3 is 5.97 Å². The van der Waals surface area contributed by atoms with Crippen LogP contribution in [-0.4, -0.2) is 48.7 Å². The van der Waals surface area contributed by atoms with Gasteiger partial charge in [0, 0.05) is 42.2 Å². The lowest BCUT2D eigenvalue weighted by Crippen LogP contribution is -2.47. The van der Waals surface area contributed by atoms with Gasteiger partial charge in [-0.15, -0.1) is 0 Å². The number of pyridine rings is 2. The molecule has 0 amide bonds. The molecule has 0 radical (unpaired) electrons. The molecule has 1 aromatic carbocycles. The molecule has 162 valence electrons. The Labute approximate surface area is 191 Å². The van der Waals surface area contributed by atoms with E-state index in [1.54, 1.807) is 19.2 Å². The summed E-state index contributed by atoms with van der Waals surface area (Å²) in [5.41, 5.74) is 2.77. The zero-order valence-electron chi connectivity index (χ0n) is 18.1. The van der Waals surface area contributed by atoms with Gasteiger partial charge in [-0.1, -0.05) is 29.8 Å². The van der Waals surface area contributed by atoms with Gasteiger partial charge in [0.1, 0.15) is 11.6 Å². The average molecular weight is 483 g/mol. The van der Waals surface area contributed by atoms with Gasteiger partial charge in [0.15, 0.2) is 0 Å². The average Bonchev–Trinajstić information content (AvgIpc) is 2.78. The van der Waals surface area contributed by atoms with Gasteiger partial charge in [-0.3, -0.25) is 0 Å². The number of carbonyl (C=O) groups excluding carboxylic acids is 1. The number of benzene rings is 1. The van der Waals surface area contributed by atoms with E-state index in [9.17, 15) is 4.79 Å². The van der Waals surface area contributed by atoms with E-state index in [-0.39, 0.29) is 5.97 Å². The predicted molar refractivity (Wildman–Crippen MR) is 128 cm³/mol. The number of carbonyl (C=O) groups is 1. The number of hydrogen-bond acceptors (Lipinski definition) is 6. The molecule has 1 aliphatic rings. The molecule has 0 aliphatic carbocycles. The van der Waals surface area contributed by atoms with Crippen LogP contribution in [0.4, 0.5) is 11.6 Å². The Morgan fingerprint density at radius 3 is 2.48 bits per heavy atom. The minimum Gasteiger partial charge on any atom is -0.462 e. The number of esters is 1. The minimum atomic E-state index is -0.331. The van der Waals surface area contributed by atoms with Crippen LogP contribution in [0.3, 0.4) is 0 Å². The number of halogens is 1. The van der Waals surface area contributed by atoms with Crippen molar-refractivity contribution in [3.63, 3.8) is 0 Å². The monoisotopic (exact) mass is 482 g/mol. The highest BCUT2D eigenvalue weighted by atomic mass is 79.9. The molecule has 7 heteroatoms. The van der Waals surface area contributed by atoms with Crippen molar-refractivity contribution < 1.29 is 9.53 Å². The molecule has 0 N–H and O–H groups in total. The van der Waals surface area contributed by atoms with E-state index >= 15 is 0 Å². The third-order valence-electron chi connectivity index (χ3n) is 5.57. The maximum absolute atomic E-state index is 11.8. The second-order valence-electron chi connectivity index (χ2n) is 7.99. The molecule has 31 heavy (non-hydrogen) atoms. The number of hydrogen-bond donors (Lipinski definition) is 0. The summed E-state index contributed by atoms with van der Waals surface area (Å²) in [5, 5.41) is 1.16. The fraction of sp³-hybridized carbons (Fsp3) is 0.375. The first kappa shape index (κ1) is 21.6. The van der Waals surface area contributed by atoms with Crippen molar-refractivity contribution >= 4 is 44.4 Å². The minimum absolute atomic E-state index is 0.331. The fourth-order valence-electron chi connectivity index (χ4n) is 3.89. The van der Waals surface area contributed by atoms with Gasteiger partial charge in [0.25, 0.3) is 0 Å². The molecule has 0 atom stereocenters. The van der Waals surface area contributed by atoms with Gasteiger partial charge in [-0.2, -0.15) is 0 Å². The van der Waals surface area contributed by atoms with Gasteiger partial charge in [0.2, 0.25) is 0 Å². The number of rotatable bonds is 5. The molecule has 0 bridgehead atoms. The zero-order valence-corrected chi connectivity index (χ0v) is 19.7. The van der Waals surface area contributed by atoms with Crippen LogP contribution < -0.4 is 9.80 Å². The van der Waals surface area contributed by atoms with Crippen molar-refractivity contribution in [2.24, 2.45) is 0 Å². The summed E-state index contributed by atoms with van der Waals surface area (Å²) < 4.78 is 6.10. The molecule has 2 aromatic heterocycles. The molecular weight excluding hydrogens is 456 g/mol. The Balaban J connectivity index is 1.51. The maximum Gasteiger partial charge on any atom is 0.339 e. The van der Waals surface area contributed by atoms with E-state index in [1.165, 1.54) is 5.56 Å². The third-order valence-corrected chi connectivity index (χ3v) is 6.06. The first-order chi connectivity index (χ1) is 15.0. The van der Waals surface area contributed by atoms with Crippen molar-refractivity contribution in [1.82, 2.24) is 9.97 Å². The largest absolute Gasteiger partial charge is 0.462 e. The highest BCUT2D eigenvalue weighted by Gasteiger charge is 2.23. The smallest absolute Gasteiger partial charge is 0.339 e. The number of fused-ring (bicyclic) bond motifs is 1. The maximum atomic E-state index is 11.8. The molecular formula is C24H27BrN4O2. The Bertz CT molecular complexity index is 1080. The van der Waals surface area contributed by atoms with Gasteiger partial charge in [-0.05, 0) is 54.8 Å². The second kappa shape index (κ2) is 9.22. The molecule has 1 fully saturated rings. The number of anilines is 2. The Hall–Kier alpha value is -2.67. The molecule has 1 saturated heterocycles. The van der Waals surface area contributed by atoms with Crippen LogP contribution in [0.15, 0.2) is 47.1 Å². The van der Waals surface area contributed by atoms with E-state index in [0.717, 1.165) is 53.2 Å². The molecule has 0 unspecified atom stereocenters.